The highest BCUT2D eigenvalue weighted by Gasteiger charge is 2.21. The fourth-order valence-corrected chi connectivity index (χ4v) is 2.26. The molecular formula is C14H25ClN6. The van der Waals surface area contributed by atoms with Crippen LogP contribution in [0, 0.1) is 0 Å². The normalized spacial score (nSPS) is 16.4. The van der Waals surface area contributed by atoms with E-state index in [-0.39, 0.29) is 10.8 Å². The van der Waals surface area contributed by atoms with E-state index >= 15 is 0 Å². The molecule has 1 aliphatic heterocycles. The fourth-order valence-electron chi connectivity index (χ4n) is 2.11. The van der Waals surface area contributed by atoms with Crippen molar-refractivity contribution in [1.29, 1.82) is 0 Å². The predicted octanol–water partition coefficient (Wildman–Crippen LogP) is 2.27. The van der Waals surface area contributed by atoms with Gasteiger partial charge in [-0.1, -0.05) is 0 Å². The first kappa shape index (κ1) is 16.2. The van der Waals surface area contributed by atoms with Gasteiger partial charge in [0.2, 0.25) is 17.2 Å². The van der Waals surface area contributed by atoms with Gasteiger partial charge < -0.3 is 15.1 Å². The van der Waals surface area contributed by atoms with E-state index in [4.69, 9.17) is 11.6 Å². The first-order chi connectivity index (χ1) is 9.88. The van der Waals surface area contributed by atoms with Gasteiger partial charge in [0.05, 0.1) is 0 Å². The Bertz CT molecular complexity index is 471. The number of nitrogens with zero attached hydrogens (tertiary/aromatic N) is 5. The van der Waals surface area contributed by atoms with Crippen LogP contribution in [0.15, 0.2) is 0 Å². The third kappa shape index (κ3) is 4.41. The van der Waals surface area contributed by atoms with E-state index in [2.05, 4.69) is 58.0 Å². The third-order valence-corrected chi connectivity index (χ3v) is 4.29. The van der Waals surface area contributed by atoms with Gasteiger partial charge >= 0.3 is 0 Å². The number of anilines is 2. The Labute approximate surface area is 131 Å². The molecular weight excluding hydrogens is 288 g/mol. The number of likely N-dealkylation sites (N-methyl/N-ethyl adjacent to an activating group) is 1. The van der Waals surface area contributed by atoms with Crippen molar-refractivity contribution in [3.63, 3.8) is 0 Å². The van der Waals surface area contributed by atoms with Crippen LogP contribution in [0.3, 0.4) is 0 Å². The number of nitrogens with one attached hydrogen (secondary N) is 1. The lowest BCUT2D eigenvalue weighted by Crippen LogP contribution is -2.44. The molecule has 7 heteroatoms. The van der Waals surface area contributed by atoms with Crippen LogP contribution in [-0.2, 0) is 0 Å². The molecule has 1 fully saturated rings. The average molecular weight is 313 g/mol. The Morgan fingerprint density at radius 2 is 1.81 bits per heavy atom. The van der Waals surface area contributed by atoms with E-state index in [1.54, 1.807) is 0 Å². The molecule has 0 aliphatic carbocycles. The Morgan fingerprint density at radius 3 is 2.43 bits per heavy atom. The van der Waals surface area contributed by atoms with E-state index < -0.39 is 0 Å². The summed E-state index contributed by atoms with van der Waals surface area (Å²) in [5.41, 5.74) is 0.00436. The summed E-state index contributed by atoms with van der Waals surface area (Å²) in [6.45, 7) is 7.04. The molecule has 2 heterocycles. The molecule has 118 valence electrons. The number of aromatic nitrogens is 3. The molecule has 0 atom stereocenters. The highest BCUT2D eigenvalue weighted by Crippen LogP contribution is 2.19. The number of halogens is 1. The lowest BCUT2D eigenvalue weighted by atomic mass is 10.1. The monoisotopic (exact) mass is 312 g/mol. The standard InChI is InChI=1S/C14H25ClN6/c1-14(2,20(3)4)10-16-12-17-11(15)18-13(19-12)21-8-6-5-7-9-21/h5-10H2,1-4H3,(H,16,17,18,19). The molecule has 0 saturated carbocycles. The lowest BCUT2D eigenvalue weighted by molar-refractivity contribution is 0.209. The van der Waals surface area contributed by atoms with Crippen LogP contribution in [0.4, 0.5) is 11.9 Å². The average Bonchev–Trinajstić information content (AvgIpc) is 2.45. The zero-order valence-corrected chi connectivity index (χ0v) is 14.1. The van der Waals surface area contributed by atoms with Gasteiger partial charge in [0.15, 0.2) is 0 Å². The van der Waals surface area contributed by atoms with Gasteiger partial charge in [0.1, 0.15) is 0 Å². The van der Waals surface area contributed by atoms with Crippen molar-refractivity contribution in [1.82, 2.24) is 19.9 Å². The molecule has 1 aromatic rings. The zero-order chi connectivity index (χ0) is 15.5. The fraction of sp³-hybridized carbons (Fsp3) is 0.786. The molecule has 1 aliphatic rings. The molecule has 0 unspecified atom stereocenters. The molecule has 0 bridgehead atoms. The van der Waals surface area contributed by atoms with Gasteiger partial charge in [-0.25, -0.2) is 0 Å². The van der Waals surface area contributed by atoms with Crippen molar-refractivity contribution in [3.05, 3.63) is 5.28 Å². The van der Waals surface area contributed by atoms with Gasteiger partial charge in [-0.05, 0) is 58.8 Å². The van der Waals surface area contributed by atoms with E-state index in [0.29, 0.717) is 11.9 Å². The minimum atomic E-state index is 0.00436. The van der Waals surface area contributed by atoms with E-state index in [1.165, 1.54) is 19.3 Å². The molecule has 0 amide bonds. The summed E-state index contributed by atoms with van der Waals surface area (Å²) in [5, 5.41) is 3.52. The Kier molecular flexibility index (Phi) is 5.22. The Hall–Kier alpha value is -1.14. The summed E-state index contributed by atoms with van der Waals surface area (Å²) in [5.74, 6) is 1.23. The number of hydrogen-bond acceptors (Lipinski definition) is 6. The highest BCUT2D eigenvalue weighted by atomic mass is 35.5. The molecule has 21 heavy (non-hydrogen) atoms. The second-order valence-corrected chi connectivity index (χ2v) is 6.67. The maximum atomic E-state index is 6.04. The quantitative estimate of drug-likeness (QED) is 0.900. The number of hydrogen-bond donors (Lipinski definition) is 1. The van der Waals surface area contributed by atoms with Crippen LogP contribution >= 0.6 is 11.6 Å². The van der Waals surface area contributed by atoms with Crippen LogP contribution in [0.1, 0.15) is 33.1 Å². The summed E-state index contributed by atoms with van der Waals surface area (Å²) in [6, 6.07) is 0. The molecule has 1 aromatic heterocycles. The van der Waals surface area contributed by atoms with Gasteiger partial charge in [0, 0.05) is 25.2 Å². The summed E-state index contributed by atoms with van der Waals surface area (Å²) in [7, 11) is 4.11. The molecule has 2 rings (SSSR count). The van der Waals surface area contributed by atoms with Crippen LogP contribution in [0.2, 0.25) is 5.28 Å². The summed E-state index contributed by atoms with van der Waals surface area (Å²) in [4.78, 5) is 17.3. The topological polar surface area (TPSA) is 57.2 Å². The van der Waals surface area contributed by atoms with Crippen LogP contribution in [0.5, 0.6) is 0 Å². The van der Waals surface area contributed by atoms with Crippen molar-refractivity contribution < 1.29 is 0 Å². The van der Waals surface area contributed by atoms with Gasteiger partial charge in [-0.2, -0.15) is 15.0 Å². The largest absolute Gasteiger partial charge is 0.352 e. The molecule has 1 saturated heterocycles. The zero-order valence-electron chi connectivity index (χ0n) is 13.4. The van der Waals surface area contributed by atoms with Crippen molar-refractivity contribution in [2.24, 2.45) is 0 Å². The Balaban J connectivity index is 2.08. The second kappa shape index (κ2) is 6.75. The van der Waals surface area contributed by atoms with Gasteiger partial charge in [-0.15, -0.1) is 0 Å². The minimum absolute atomic E-state index is 0.00436. The van der Waals surface area contributed by atoms with Crippen molar-refractivity contribution in [3.8, 4) is 0 Å². The van der Waals surface area contributed by atoms with Crippen molar-refractivity contribution in [2.75, 3.05) is 43.9 Å². The SMILES string of the molecule is CN(C)C(C)(C)CNc1nc(Cl)nc(N2CCCCC2)n1. The molecule has 0 aromatic carbocycles. The maximum Gasteiger partial charge on any atom is 0.231 e. The summed E-state index contributed by atoms with van der Waals surface area (Å²) >= 11 is 6.04. The van der Waals surface area contributed by atoms with Crippen LogP contribution in [0.25, 0.3) is 0 Å². The predicted molar refractivity (Wildman–Crippen MR) is 87.2 cm³/mol. The lowest BCUT2D eigenvalue weighted by Gasteiger charge is -2.32. The van der Waals surface area contributed by atoms with E-state index in [0.717, 1.165) is 19.6 Å². The molecule has 1 N–H and O–H groups in total. The first-order valence-corrected chi connectivity index (χ1v) is 7.84. The number of piperidine rings is 1. The minimum Gasteiger partial charge on any atom is -0.352 e. The summed E-state index contributed by atoms with van der Waals surface area (Å²) in [6.07, 6.45) is 3.64. The van der Waals surface area contributed by atoms with E-state index in [9.17, 15) is 0 Å². The Morgan fingerprint density at radius 1 is 1.14 bits per heavy atom. The van der Waals surface area contributed by atoms with Crippen molar-refractivity contribution >= 4 is 23.5 Å². The summed E-state index contributed by atoms with van der Waals surface area (Å²) < 4.78 is 0. The molecule has 6 nitrogen and oxygen atoms in total. The molecule has 0 spiro atoms. The highest BCUT2D eigenvalue weighted by molar-refractivity contribution is 6.28. The smallest absolute Gasteiger partial charge is 0.231 e. The van der Waals surface area contributed by atoms with E-state index in [1.807, 2.05) is 0 Å². The third-order valence-electron chi connectivity index (χ3n) is 4.12. The first-order valence-electron chi connectivity index (χ1n) is 7.46. The van der Waals surface area contributed by atoms with Crippen LogP contribution in [-0.4, -0.2) is 59.1 Å². The van der Waals surface area contributed by atoms with Crippen LogP contribution < -0.4 is 10.2 Å². The number of rotatable bonds is 5. The van der Waals surface area contributed by atoms with Gasteiger partial charge in [0.25, 0.3) is 0 Å². The van der Waals surface area contributed by atoms with Crippen molar-refractivity contribution in [2.45, 2.75) is 38.6 Å². The van der Waals surface area contributed by atoms with Gasteiger partial charge in [-0.3, -0.25) is 0 Å². The maximum absolute atomic E-state index is 6.04. The second-order valence-electron chi connectivity index (χ2n) is 6.34. The molecule has 0 radical (unpaired) electrons.